The smallest absolute Gasteiger partial charge is 0.272 e. The van der Waals surface area contributed by atoms with E-state index in [0.717, 1.165) is 12.4 Å². The molecular weight excluding hydrogens is 264 g/mol. The number of aromatic nitrogens is 1. The average molecular weight is 292 g/mol. The van der Waals surface area contributed by atoms with Crippen LogP contribution >= 0.6 is 0 Å². The second-order valence-corrected chi connectivity index (χ2v) is 5.91. The summed E-state index contributed by atoms with van der Waals surface area (Å²) in [7, 11) is 4.03. The zero-order chi connectivity index (χ0) is 16.0. The molecule has 1 N–H and O–H groups in total. The van der Waals surface area contributed by atoms with E-state index >= 15 is 0 Å². The zero-order valence-electron chi connectivity index (χ0n) is 14.1. The van der Waals surface area contributed by atoms with Gasteiger partial charge in [-0.15, -0.1) is 0 Å². The van der Waals surface area contributed by atoms with Crippen LogP contribution in [0.1, 0.15) is 38.2 Å². The minimum Gasteiger partial charge on any atom is -0.368 e. The summed E-state index contributed by atoms with van der Waals surface area (Å²) >= 11 is 0. The summed E-state index contributed by atoms with van der Waals surface area (Å²) in [6.45, 7) is 9.68. The predicted molar refractivity (Wildman–Crippen MR) is 87.7 cm³/mol. The summed E-state index contributed by atoms with van der Waals surface area (Å²) in [6, 6.07) is 5.98. The van der Waals surface area contributed by atoms with Crippen LogP contribution in [0.2, 0.25) is 0 Å². The number of carbonyl (C=O) groups excluding carboxylic acids is 1. The Labute approximate surface area is 128 Å². The van der Waals surface area contributed by atoms with Crippen molar-refractivity contribution in [3.63, 3.8) is 0 Å². The normalized spacial score (nSPS) is 12.6. The lowest BCUT2D eigenvalue weighted by Gasteiger charge is -2.30. The Hall–Kier alpha value is -1.62. The number of nitrogens with zero attached hydrogens (tertiary/aromatic N) is 3. The van der Waals surface area contributed by atoms with Crippen LogP contribution < -0.4 is 5.32 Å². The Balaban J connectivity index is 2.89. The van der Waals surface area contributed by atoms with Gasteiger partial charge in [-0.25, -0.2) is 4.98 Å². The van der Waals surface area contributed by atoms with Crippen molar-refractivity contribution >= 4 is 11.7 Å². The summed E-state index contributed by atoms with van der Waals surface area (Å²) in [5, 5.41) is 3.23. The fraction of sp³-hybridized carbons (Fsp3) is 0.625. The highest BCUT2D eigenvalue weighted by Crippen LogP contribution is 2.11. The molecule has 1 amide bonds. The van der Waals surface area contributed by atoms with Crippen LogP contribution in [0.4, 0.5) is 5.82 Å². The van der Waals surface area contributed by atoms with E-state index in [1.54, 1.807) is 6.07 Å². The number of nitrogens with one attached hydrogen (secondary N) is 1. The summed E-state index contributed by atoms with van der Waals surface area (Å²) in [5.74, 6) is 0.728. The lowest BCUT2D eigenvalue weighted by molar-refractivity contribution is 0.0673. The minimum atomic E-state index is -0.0146. The molecule has 0 aliphatic rings. The molecule has 0 radical (unpaired) electrons. The fourth-order valence-corrected chi connectivity index (χ4v) is 2.36. The lowest BCUT2D eigenvalue weighted by Crippen LogP contribution is -2.44. The van der Waals surface area contributed by atoms with Crippen molar-refractivity contribution in [3.8, 4) is 0 Å². The van der Waals surface area contributed by atoms with E-state index < -0.39 is 0 Å². The van der Waals surface area contributed by atoms with Gasteiger partial charge in [0, 0.05) is 25.2 Å². The van der Waals surface area contributed by atoms with E-state index in [4.69, 9.17) is 0 Å². The Morgan fingerprint density at radius 3 is 2.48 bits per heavy atom. The van der Waals surface area contributed by atoms with Gasteiger partial charge in [0.2, 0.25) is 0 Å². The number of hydrogen-bond acceptors (Lipinski definition) is 4. The lowest BCUT2D eigenvalue weighted by atomic mass is 10.2. The second-order valence-electron chi connectivity index (χ2n) is 5.91. The standard InChI is InChI=1S/C16H28N4O/c1-7-20(13(4)11-19(5)6)16(21)14-9-8-10-15(18-14)17-12(2)3/h8-10,12-13H,7,11H2,1-6H3,(H,17,18). The second kappa shape index (κ2) is 7.98. The van der Waals surface area contributed by atoms with Crippen LogP contribution in [0.5, 0.6) is 0 Å². The Kier molecular flexibility index (Phi) is 6.62. The van der Waals surface area contributed by atoms with E-state index in [1.807, 2.05) is 51.9 Å². The molecule has 21 heavy (non-hydrogen) atoms. The highest BCUT2D eigenvalue weighted by atomic mass is 16.2. The third-order valence-electron chi connectivity index (χ3n) is 3.17. The molecule has 1 rings (SSSR count). The minimum absolute atomic E-state index is 0.0146. The first kappa shape index (κ1) is 17.4. The molecule has 1 atom stereocenters. The first-order chi connectivity index (χ1) is 9.85. The molecule has 0 fully saturated rings. The number of anilines is 1. The van der Waals surface area contributed by atoms with Crippen molar-refractivity contribution in [2.24, 2.45) is 0 Å². The van der Waals surface area contributed by atoms with Crippen molar-refractivity contribution in [2.45, 2.75) is 39.8 Å². The molecule has 1 heterocycles. The van der Waals surface area contributed by atoms with Gasteiger partial charge >= 0.3 is 0 Å². The van der Waals surface area contributed by atoms with Gasteiger partial charge in [0.1, 0.15) is 11.5 Å². The first-order valence-electron chi connectivity index (χ1n) is 7.54. The quantitative estimate of drug-likeness (QED) is 0.838. The van der Waals surface area contributed by atoms with Crippen LogP contribution in [0.25, 0.3) is 0 Å². The molecule has 0 spiro atoms. The van der Waals surface area contributed by atoms with E-state index in [9.17, 15) is 4.79 Å². The molecule has 1 aromatic heterocycles. The number of carbonyl (C=O) groups is 1. The monoisotopic (exact) mass is 292 g/mol. The number of amides is 1. The van der Waals surface area contributed by atoms with E-state index in [2.05, 4.69) is 22.1 Å². The largest absolute Gasteiger partial charge is 0.368 e. The van der Waals surface area contributed by atoms with Crippen LogP contribution in [0.3, 0.4) is 0 Å². The number of pyridine rings is 1. The fourth-order valence-electron chi connectivity index (χ4n) is 2.36. The van der Waals surface area contributed by atoms with Crippen molar-refractivity contribution < 1.29 is 4.79 Å². The third kappa shape index (κ3) is 5.34. The SMILES string of the molecule is CCN(C(=O)c1cccc(NC(C)C)n1)C(C)CN(C)C. The van der Waals surface area contributed by atoms with Gasteiger partial charge in [0.15, 0.2) is 0 Å². The molecule has 118 valence electrons. The highest BCUT2D eigenvalue weighted by Gasteiger charge is 2.21. The van der Waals surface area contributed by atoms with Crippen LogP contribution in [0, 0.1) is 0 Å². The van der Waals surface area contributed by atoms with Crippen molar-refractivity contribution in [1.29, 1.82) is 0 Å². The summed E-state index contributed by atoms with van der Waals surface area (Å²) in [4.78, 5) is 21.0. The maximum absolute atomic E-state index is 12.7. The first-order valence-corrected chi connectivity index (χ1v) is 7.54. The molecule has 0 saturated heterocycles. The third-order valence-corrected chi connectivity index (χ3v) is 3.17. The van der Waals surface area contributed by atoms with Crippen LogP contribution in [0.15, 0.2) is 18.2 Å². The van der Waals surface area contributed by atoms with Gasteiger partial charge in [0.25, 0.3) is 5.91 Å². The molecule has 0 saturated carbocycles. The van der Waals surface area contributed by atoms with Gasteiger partial charge in [-0.2, -0.15) is 0 Å². The molecule has 5 nitrogen and oxygen atoms in total. The highest BCUT2D eigenvalue weighted by molar-refractivity contribution is 5.92. The van der Waals surface area contributed by atoms with Crippen molar-refractivity contribution in [3.05, 3.63) is 23.9 Å². The molecule has 0 aliphatic heterocycles. The van der Waals surface area contributed by atoms with Crippen molar-refractivity contribution in [2.75, 3.05) is 32.5 Å². The predicted octanol–water partition coefficient (Wildman–Crippen LogP) is 2.31. The van der Waals surface area contributed by atoms with Crippen LogP contribution in [-0.4, -0.2) is 60.0 Å². The van der Waals surface area contributed by atoms with E-state index in [1.165, 1.54) is 0 Å². The van der Waals surface area contributed by atoms with Crippen LogP contribution in [-0.2, 0) is 0 Å². The molecule has 1 aromatic rings. The number of likely N-dealkylation sites (N-methyl/N-ethyl adjacent to an activating group) is 2. The Bertz CT molecular complexity index is 459. The van der Waals surface area contributed by atoms with Gasteiger partial charge in [0.05, 0.1) is 0 Å². The molecule has 0 aromatic carbocycles. The Morgan fingerprint density at radius 2 is 1.95 bits per heavy atom. The molecule has 0 aliphatic carbocycles. The topological polar surface area (TPSA) is 48.5 Å². The number of rotatable bonds is 7. The molecule has 0 bridgehead atoms. The van der Waals surface area contributed by atoms with E-state index in [-0.39, 0.29) is 18.0 Å². The molecule has 1 unspecified atom stereocenters. The maximum Gasteiger partial charge on any atom is 0.272 e. The number of hydrogen-bond donors (Lipinski definition) is 1. The maximum atomic E-state index is 12.7. The zero-order valence-corrected chi connectivity index (χ0v) is 14.1. The average Bonchev–Trinajstić information content (AvgIpc) is 2.38. The molecular formula is C16H28N4O. The molecule has 5 heteroatoms. The van der Waals surface area contributed by atoms with Gasteiger partial charge in [-0.1, -0.05) is 6.07 Å². The van der Waals surface area contributed by atoms with Gasteiger partial charge < -0.3 is 15.1 Å². The summed E-state index contributed by atoms with van der Waals surface area (Å²) in [5.41, 5.74) is 0.494. The van der Waals surface area contributed by atoms with Crippen molar-refractivity contribution in [1.82, 2.24) is 14.8 Å². The Morgan fingerprint density at radius 1 is 1.29 bits per heavy atom. The van der Waals surface area contributed by atoms with Gasteiger partial charge in [-0.05, 0) is 53.9 Å². The van der Waals surface area contributed by atoms with E-state index in [0.29, 0.717) is 12.2 Å². The van der Waals surface area contributed by atoms with Gasteiger partial charge in [-0.3, -0.25) is 4.79 Å². The summed E-state index contributed by atoms with van der Waals surface area (Å²) < 4.78 is 0. The summed E-state index contributed by atoms with van der Waals surface area (Å²) in [6.07, 6.45) is 0.